The van der Waals surface area contributed by atoms with E-state index in [2.05, 4.69) is 118 Å². The number of allylic oxidation sites excluding steroid dienone is 18. The summed E-state index contributed by atoms with van der Waals surface area (Å²) in [6.45, 7) is 4.21. The Hall–Kier alpha value is -3.86. The Morgan fingerprint density at radius 1 is 0.426 bits per heavy atom. The van der Waals surface area contributed by atoms with Crippen molar-refractivity contribution < 1.29 is 52.2 Å². The second-order valence-corrected chi connectivity index (χ2v) is 18.0. The quantitative estimate of drug-likeness (QED) is 0.0197. The van der Waals surface area contributed by atoms with E-state index in [1.807, 2.05) is 12.2 Å². The number of hydrogen-bond acceptors (Lipinski definition) is 10. The summed E-state index contributed by atoms with van der Waals surface area (Å²) in [7, 11) is -4.77. The fraction of sp³-hybridized carbons (Fsp3) is 0.625. The Labute approximate surface area is 412 Å². The number of rotatable bonds is 46. The summed E-state index contributed by atoms with van der Waals surface area (Å²) >= 11 is 0. The normalized spacial score (nSPS) is 14.4. The van der Waals surface area contributed by atoms with Gasteiger partial charge in [-0.2, -0.15) is 0 Å². The Bertz CT molecular complexity index is 1550. The molecule has 3 atom stereocenters. The van der Waals surface area contributed by atoms with Gasteiger partial charge in [-0.3, -0.25) is 23.4 Å². The van der Waals surface area contributed by atoms with Gasteiger partial charge in [-0.25, -0.2) is 4.57 Å². The summed E-state index contributed by atoms with van der Waals surface area (Å²) in [6, 6.07) is 0. The van der Waals surface area contributed by atoms with Crippen molar-refractivity contribution in [3.05, 3.63) is 109 Å². The lowest BCUT2D eigenvalue weighted by Crippen LogP contribution is -2.30. The van der Waals surface area contributed by atoms with Crippen LogP contribution in [-0.2, 0) is 42.2 Å². The molecule has 0 aliphatic heterocycles. The Balaban J connectivity index is 4.88. The molecule has 0 amide bonds. The number of phosphoric acid groups is 1. The average Bonchev–Trinajstić information content (AvgIpc) is 3.32. The number of aliphatic hydroxyl groups is 1. The molecular weight excluding hydrogens is 880 g/mol. The highest BCUT2D eigenvalue weighted by molar-refractivity contribution is 7.47. The number of esters is 3. The van der Waals surface area contributed by atoms with Crippen molar-refractivity contribution in [1.29, 1.82) is 0 Å². The second-order valence-electron chi connectivity index (χ2n) is 16.6. The van der Waals surface area contributed by atoms with Gasteiger partial charge in [-0.15, -0.1) is 0 Å². The first kappa shape index (κ1) is 64.1. The summed E-state index contributed by atoms with van der Waals surface area (Å²) in [5.74, 6) is -1.62. The molecule has 0 aromatic heterocycles. The number of aliphatic hydroxyl groups excluding tert-OH is 1. The Kier molecular flexibility index (Phi) is 46.7. The molecule has 12 heteroatoms. The molecule has 0 rings (SSSR count). The third-order valence-electron chi connectivity index (χ3n) is 10.2. The van der Waals surface area contributed by atoms with Crippen molar-refractivity contribution >= 4 is 25.7 Å². The monoisotopic (exact) mass is 971 g/mol. The van der Waals surface area contributed by atoms with Gasteiger partial charge in [-0.05, 0) is 103 Å². The van der Waals surface area contributed by atoms with Crippen LogP contribution in [0.1, 0.15) is 188 Å². The van der Waals surface area contributed by atoms with Gasteiger partial charge in [-0.1, -0.05) is 175 Å². The minimum atomic E-state index is -4.77. The number of ether oxygens (including phenoxy) is 3. The Morgan fingerprint density at radius 2 is 0.794 bits per heavy atom. The topological polar surface area (TPSA) is 155 Å². The summed E-state index contributed by atoms with van der Waals surface area (Å²) in [6.07, 6.45) is 58.0. The third kappa shape index (κ3) is 47.2. The predicted octanol–water partition coefficient (Wildman–Crippen LogP) is 14.7. The summed E-state index contributed by atoms with van der Waals surface area (Å²) in [4.78, 5) is 48.2. The molecule has 386 valence electrons. The zero-order valence-corrected chi connectivity index (χ0v) is 43.2. The van der Waals surface area contributed by atoms with Crippen LogP contribution in [0.5, 0.6) is 0 Å². The molecule has 0 aliphatic rings. The molecule has 0 fully saturated rings. The highest BCUT2D eigenvalue weighted by Gasteiger charge is 2.28. The van der Waals surface area contributed by atoms with Crippen LogP contribution in [0.15, 0.2) is 109 Å². The van der Waals surface area contributed by atoms with Crippen molar-refractivity contribution in [2.24, 2.45) is 0 Å². The van der Waals surface area contributed by atoms with E-state index in [0.29, 0.717) is 19.3 Å². The van der Waals surface area contributed by atoms with Gasteiger partial charge in [0.2, 0.25) is 0 Å². The first-order valence-corrected chi connectivity index (χ1v) is 27.3. The number of hydrogen-bond donors (Lipinski definition) is 2. The summed E-state index contributed by atoms with van der Waals surface area (Å²) < 4.78 is 39.2. The molecule has 0 saturated carbocycles. The van der Waals surface area contributed by atoms with Gasteiger partial charge in [0.05, 0.1) is 19.8 Å². The number of carbonyl (C=O) groups excluding carboxylic acids is 3. The van der Waals surface area contributed by atoms with Crippen LogP contribution in [0.3, 0.4) is 0 Å². The van der Waals surface area contributed by atoms with Gasteiger partial charge >= 0.3 is 25.7 Å². The lowest BCUT2D eigenvalue weighted by atomic mass is 10.1. The van der Waals surface area contributed by atoms with E-state index < -0.39 is 57.8 Å². The minimum Gasteiger partial charge on any atom is -0.462 e. The maximum atomic E-state index is 12.8. The molecule has 11 nitrogen and oxygen atoms in total. The molecule has 0 heterocycles. The van der Waals surface area contributed by atoms with E-state index in [1.165, 1.54) is 12.8 Å². The zero-order chi connectivity index (χ0) is 49.9. The van der Waals surface area contributed by atoms with Crippen LogP contribution in [0.4, 0.5) is 0 Å². The van der Waals surface area contributed by atoms with Crippen LogP contribution in [0, 0.1) is 0 Å². The molecule has 0 aromatic carbocycles. The summed E-state index contributed by atoms with van der Waals surface area (Å²) in [5.41, 5.74) is 0. The molecule has 68 heavy (non-hydrogen) atoms. The predicted molar refractivity (Wildman–Crippen MR) is 279 cm³/mol. The highest BCUT2D eigenvalue weighted by Crippen LogP contribution is 2.43. The van der Waals surface area contributed by atoms with Crippen molar-refractivity contribution in [2.45, 2.75) is 200 Å². The maximum Gasteiger partial charge on any atom is 0.472 e. The van der Waals surface area contributed by atoms with Gasteiger partial charge in [0.25, 0.3) is 0 Å². The number of unbranched alkanes of at least 4 members (excludes halogenated alkanes) is 11. The first-order valence-electron chi connectivity index (χ1n) is 25.8. The number of carbonyl (C=O) groups is 3. The SMILES string of the molecule is CC/C=C\C/C=C\C/C=C\C/C=C\CCCCCCC(=O)OCC(COP(=O)(O)OCC(CO)OC(=O)CCCCCCC/C=C\CCCC)OC(=O)CC/C=C\C/C=C\C/C=C\C/C=C\CC. The fourth-order valence-corrected chi connectivity index (χ4v) is 7.06. The van der Waals surface area contributed by atoms with E-state index in [9.17, 15) is 28.9 Å². The van der Waals surface area contributed by atoms with Crippen molar-refractivity contribution in [3.8, 4) is 0 Å². The molecule has 3 unspecified atom stereocenters. The van der Waals surface area contributed by atoms with Crippen LogP contribution in [-0.4, -0.2) is 66.5 Å². The molecule has 2 N–H and O–H groups in total. The van der Waals surface area contributed by atoms with Gasteiger partial charge in [0.1, 0.15) is 12.7 Å². The molecule has 0 saturated heterocycles. The van der Waals surface area contributed by atoms with E-state index in [-0.39, 0.29) is 25.9 Å². The molecule has 0 radical (unpaired) electrons. The van der Waals surface area contributed by atoms with Crippen LogP contribution >= 0.6 is 7.82 Å². The lowest BCUT2D eigenvalue weighted by Gasteiger charge is -2.21. The molecule has 0 aliphatic carbocycles. The lowest BCUT2D eigenvalue weighted by molar-refractivity contribution is -0.161. The van der Waals surface area contributed by atoms with Gasteiger partial charge in [0, 0.05) is 19.3 Å². The number of phosphoric ester groups is 1. The van der Waals surface area contributed by atoms with Crippen molar-refractivity contribution in [1.82, 2.24) is 0 Å². The molecular formula is C56H91O11P. The zero-order valence-electron chi connectivity index (χ0n) is 42.3. The highest BCUT2D eigenvalue weighted by atomic mass is 31.2. The first-order chi connectivity index (χ1) is 33.2. The van der Waals surface area contributed by atoms with E-state index in [0.717, 1.165) is 116 Å². The van der Waals surface area contributed by atoms with E-state index in [4.69, 9.17) is 23.3 Å². The maximum absolute atomic E-state index is 12.8. The van der Waals surface area contributed by atoms with Crippen LogP contribution in [0.25, 0.3) is 0 Å². The van der Waals surface area contributed by atoms with E-state index >= 15 is 0 Å². The third-order valence-corrected chi connectivity index (χ3v) is 11.1. The van der Waals surface area contributed by atoms with Gasteiger partial charge < -0.3 is 24.2 Å². The van der Waals surface area contributed by atoms with Crippen molar-refractivity contribution in [3.63, 3.8) is 0 Å². The largest absolute Gasteiger partial charge is 0.472 e. The van der Waals surface area contributed by atoms with Crippen LogP contribution < -0.4 is 0 Å². The smallest absolute Gasteiger partial charge is 0.462 e. The Morgan fingerprint density at radius 3 is 1.28 bits per heavy atom. The fourth-order valence-electron chi connectivity index (χ4n) is 6.28. The standard InChI is InChI=1S/C56H91O11P/c1-4-7-10-13-16-19-22-24-25-26-27-29-31-33-36-39-42-45-54(58)63-49-53(67-56(60)47-44-41-38-35-32-28-23-20-17-14-11-8-5-2)51-65-68(61,62)64-50-52(48-57)66-55(59)46-43-40-37-34-30-21-18-15-12-9-6-3/h7-8,10-11,15-20,24-25,27-29,32,38,41,52-53,57H,4-6,9,12-14,21-23,26,30-31,33-37,39-40,42-51H2,1-3H3,(H,61,62)/b10-7-,11-8-,18-15-,19-16-,20-17-,25-24-,29-27-,32-28-,41-38-. The van der Waals surface area contributed by atoms with Crippen LogP contribution in [0.2, 0.25) is 0 Å². The minimum absolute atomic E-state index is 0.0349. The average molecular weight is 971 g/mol. The van der Waals surface area contributed by atoms with Crippen molar-refractivity contribution in [2.75, 3.05) is 26.4 Å². The molecule has 0 spiro atoms. The molecule has 0 bridgehead atoms. The second kappa shape index (κ2) is 49.6. The van der Waals surface area contributed by atoms with E-state index in [1.54, 1.807) is 0 Å². The van der Waals surface area contributed by atoms with Gasteiger partial charge in [0.15, 0.2) is 6.10 Å². The molecule has 0 aromatic rings. The summed E-state index contributed by atoms with van der Waals surface area (Å²) in [5, 5.41) is 9.76.